The highest BCUT2D eigenvalue weighted by Crippen LogP contribution is 2.37. The van der Waals surface area contributed by atoms with Crippen LogP contribution in [0.3, 0.4) is 0 Å². The van der Waals surface area contributed by atoms with E-state index in [1.54, 1.807) is 26.1 Å². The highest BCUT2D eigenvalue weighted by Gasteiger charge is 2.34. The van der Waals surface area contributed by atoms with E-state index in [9.17, 15) is 18.7 Å². The zero-order valence-corrected chi connectivity index (χ0v) is 22.1. The molecule has 2 heterocycles. The van der Waals surface area contributed by atoms with E-state index in [4.69, 9.17) is 0 Å². The molecule has 7 heteroatoms. The minimum absolute atomic E-state index is 0.332. The third kappa shape index (κ3) is 4.49. The molecule has 0 saturated heterocycles. The lowest BCUT2D eigenvalue weighted by atomic mass is 9.91. The standard InChI is InChI=1S/C29H32N2O4S/c1-6-29(32,7-2)26-14-13-23(19-31(26)33)20-10-8-11-21(16-20)25-18-24(28(3,4)36(5,34)35)17-22-12-9-15-30-27(22)25/h8-19,32H,6-7H2,1-5H3. The summed E-state index contributed by atoms with van der Waals surface area (Å²) in [7, 11) is -3.38. The molecule has 0 radical (unpaired) electrons. The van der Waals surface area contributed by atoms with Gasteiger partial charge in [-0.3, -0.25) is 4.98 Å². The predicted molar refractivity (Wildman–Crippen MR) is 144 cm³/mol. The van der Waals surface area contributed by atoms with Gasteiger partial charge in [0, 0.05) is 35.0 Å². The molecule has 4 rings (SSSR count). The van der Waals surface area contributed by atoms with Crippen molar-refractivity contribution in [2.24, 2.45) is 0 Å². The molecule has 0 amide bonds. The monoisotopic (exact) mass is 504 g/mol. The van der Waals surface area contributed by atoms with Gasteiger partial charge in [0.05, 0.1) is 10.3 Å². The van der Waals surface area contributed by atoms with Crippen LogP contribution in [0.2, 0.25) is 0 Å². The second-order valence-electron chi connectivity index (χ2n) is 9.83. The first-order chi connectivity index (χ1) is 16.9. The van der Waals surface area contributed by atoms with E-state index in [-0.39, 0.29) is 0 Å². The van der Waals surface area contributed by atoms with Crippen molar-refractivity contribution in [3.63, 3.8) is 0 Å². The average molecular weight is 505 g/mol. The molecule has 188 valence electrons. The summed E-state index contributed by atoms with van der Waals surface area (Å²) in [4.78, 5) is 4.59. The maximum Gasteiger partial charge on any atom is 0.224 e. The second kappa shape index (κ2) is 9.30. The zero-order valence-electron chi connectivity index (χ0n) is 21.3. The number of aromatic nitrogens is 2. The van der Waals surface area contributed by atoms with E-state index in [1.165, 1.54) is 12.5 Å². The van der Waals surface area contributed by atoms with Crippen LogP contribution in [0, 0.1) is 5.21 Å². The molecular weight excluding hydrogens is 472 g/mol. The summed E-state index contributed by atoms with van der Waals surface area (Å²) in [6.07, 6.45) is 5.35. The number of rotatable bonds is 7. The lowest BCUT2D eigenvalue weighted by Gasteiger charge is -2.24. The van der Waals surface area contributed by atoms with Crippen molar-refractivity contribution in [2.45, 2.75) is 50.9 Å². The number of pyridine rings is 2. The largest absolute Gasteiger partial charge is 0.618 e. The van der Waals surface area contributed by atoms with E-state index in [1.807, 2.05) is 68.4 Å². The highest BCUT2D eigenvalue weighted by molar-refractivity contribution is 7.91. The molecule has 6 nitrogen and oxygen atoms in total. The van der Waals surface area contributed by atoms with Crippen molar-refractivity contribution < 1.29 is 18.3 Å². The number of hydrogen-bond acceptors (Lipinski definition) is 5. The van der Waals surface area contributed by atoms with Crippen LogP contribution in [0.15, 0.2) is 73.1 Å². The maximum absolute atomic E-state index is 12.8. The first-order valence-electron chi connectivity index (χ1n) is 12.1. The number of aliphatic hydroxyl groups is 1. The smallest absolute Gasteiger partial charge is 0.224 e. The Bertz CT molecular complexity index is 1540. The van der Waals surface area contributed by atoms with Crippen LogP contribution in [0.4, 0.5) is 0 Å². The fourth-order valence-corrected chi connectivity index (χ4v) is 5.01. The van der Waals surface area contributed by atoms with Gasteiger partial charge in [-0.2, -0.15) is 4.73 Å². The number of nitrogens with zero attached hydrogens (tertiary/aromatic N) is 2. The van der Waals surface area contributed by atoms with Crippen molar-refractivity contribution in [2.75, 3.05) is 6.26 Å². The summed E-state index contributed by atoms with van der Waals surface area (Å²) in [6, 6.07) is 18.8. The Morgan fingerprint density at radius 1 is 0.944 bits per heavy atom. The van der Waals surface area contributed by atoms with Crippen molar-refractivity contribution in [1.29, 1.82) is 0 Å². The van der Waals surface area contributed by atoms with Crippen molar-refractivity contribution in [1.82, 2.24) is 4.98 Å². The van der Waals surface area contributed by atoms with Crippen LogP contribution >= 0.6 is 0 Å². The maximum atomic E-state index is 12.8. The SMILES string of the molecule is CCC(O)(CC)c1ccc(-c2cccc(-c3cc(C(C)(C)S(C)(=O)=O)cc4cccnc34)c2)c[n+]1[O-]. The van der Waals surface area contributed by atoms with E-state index >= 15 is 0 Å². The minimum atomic E-state index is -3.38. The van der Waals surface area contributed by atoms with Crippen LogP contribution in [0.1, 0.15) is 51.8 Å². The number of hydrogen-bond donors (Lipinski definition) is 1. The quantitative estimate of drug-likeness (QED) is 0.265. The van der Waals surface area contributed by atoms with Crippen LogP contribution in [-0.2, 0) is 20.2 Å². The Hall–Kier alpha value is -3.29. The Balaban J connectivity index is 1.87. The van der Waals surface area contributed by atoms with E-state index in [0.29, 0.717) is 24.1 Å². The zero-order chi connectivity index (χ0) is 26.3. The highest BCUT2D eigenvalue weighted by atomic mass is 32.2. The average Bonchev–Trinajstić information content (AvgIpc) is 2.87. The molecule has 2 aromatic carbocycles. The molecule has 0 aliphatic heterocycles. The third-order valence-corrected chi connectivity index (χ3v) is 9.48. The molecular formula is C29H32N2O4S. The topological polar surface area (TPSA) is 94.2 Å². The summed E-state index contributed by atoms with van der Waals surface area (Å²) < 4.78 is 24.8. The summed E-state index contributed by atoms with van der Waals surface area (Å²) in [5.41, 5.74) is 3.85. The van der Waals surface area contributed by atoms with Crippen LogP contribution in [0.5, 0.6) is 0 Å². The molecule has 0 aliphatic carbocycles. The fraction of sp³-hybridized carbons (Fsp3) is 0.310. The van der Waals surface area contributed by atoms with E-state index in [0.717, 1.165) is 37.9 Å². The van der Waals surface area contributed by atoms with Gasteiger partial charge in [0.15, 0.2) is 16.0 Å². The van der Waals surface area contributed by atoms with Gasteiger partial charge in [-0.1, -0.05) is 38.1 Å². The van der Waals surface area contributed by atoms with Gasteiger partial charge >= 0.3 is 0 Å². The number of sulfone groups is 1. The molecule has 2 aromatic heterocycles. The number of benzene rings is 2. The van der Waals surface area contributed by atoms with Crippen molar-refractivity contribution >= 4 is 20.7 Å². The van der Waals surface area contributed by atoms with Gasteiger partial charge in [0.2, 0.25) is 5.69 Å². The second-order valence-corrected chi connectivity index (χ2v) is 12.4. The van der Waals surface area contributed by atoms with E-state index < -0.39 is 20.2 Å². The van der Waals surface area contributed by atoms with E-state index in [2.05, 4.69) is 4.98 Å². The Labute approximate surface area is 212 Å². The van der Waals surface area contributed by atoms with Gasteiger partial charge in [-0.25, -0.2) is 8.42 Å². The van der Waals surface area contributed by atoms with Crippen molar-refractivity contribution in [3.8, 4) is 22.3 Å². The third-order valence-electron chi connectivity index (χ3n) is 7.40. The molecule has 0 aliphatic rings. The molecule has 0 atom stereocenters. The van der Waals surface area contributed by atoms with Gasteiger partial charge in [0.1, 0.15) is 5.60 Å². The van der Waals surface area contributed by atoms with Gasteiger partial charge in [-0.15, -0.1) is 0 Å². The lowest BCUT2D eigenvalue weighted by molar-refractivity contribution is -0.622. The first-order valence-corrected chi connectivity index (χ1v) is 14.0. The molecule has 0 bridgehead atoms. The molecule has 0 spiro atoms. The summed E-state index contributed by atoms with van der Waals surface area (Å²) in [5, 5.41) is 24.5. The summed E-state index contributed by atoms with van der Waals surface area (Å²) >= 11 is 0. The molecule has 0 fully saturated rings. The van der Waals surface area contributed by atoms with Gasteiger partial charge in [-0.05, 0) is 73.7 Å². The van der Waals surface area contributed by atoms with Gasteiger partial charge < -0.3 is 10.3 Å². The molecule has 36 heavy (non-hydrogen) atoms. The molecule has 0 unspecified atom stereocenters. The Morgan fingerprint density at radius 2 is 1.64 bits per heavy atom. The van der Waals surface area contributed by atoms with Crippen LogP contribution in [-0.4, -0.2) is 24.8 Å². The van der Waals surface area contributed by atoms with Gasteiger partial charge in [0.25, 0.3) is 0 Å². The molecule has 1 N–H and O–H groups in total. The molecule has 0 saturated carbocycles. The summed E-state index contributed by atoms with van der Waals surface area (Å²) in [6.45, 7) is 7.14. The summed E-state index contributed by atoms with van der Waals surface area (Å²) in [5.74, 6) is 0. The first kappa shape index (κ1) is 25.8. The predicted octanol–water partition coefficient (Wildman–Crippen LogP) is 5.49. The normalized spacial score (nSPS) is 12.7. The Morgan fingerprint density at radius 3 is 2.28 bits per heavy atom. The van der Waals surface area contributed by atoms with Crippen LogP contribution in [0.25, 0.3) is 33.2 Å². The lowest BCUT2D eigenvalue weighted by Crippen LogP contribution is -2.41. The molecule has 4 aromatic rings. The minimum Gasteiger partial charge on any atom is -0.618 e. The fourth-order valence-electron chi connectivity index (χ4n) is 4.46. The van der Waals surface area contributed by atoms with Crippen LogP contribution < -0.4 is 4.73 Å². The van der Waals surface area contributed by atoms with Crippen molar-refractivity contribution in [3.05, 3.63) is 89.5 Å². The Kier molecular flexibility index (Phi) is 6.66. The number of fused-ring (bicyclic) bond motifs is 1.